The van der Waals surface area contributed by atoms with Crippen LogP contribution in [-0.4, -0.2) is 99.9 Å². The minimum atomic E-state index is 0. The summed E-state index contributed by atoms with van der Waals surface area (Å²) in [6.07, 6.45) is 2.07. The molecule has 0 rings (SSSR count). The van der Waals surface area contributed by atoms with Gasteiger partial charge in [-0.15, -0.1) is 0 Å². The Morgan fingerprint density at radius 1 is 0.793 bits per heavy atom. The number of aliphatic hydroxyl groups excluding tert-OH is 2. The third-order valence-electron chi connectivity index (χ3n) is 3.01. The summed E-state index contributed by atoms with van der Waals surface area (Å²) in [5, 5.41) is 40.8. The van der Waals surface area contributed by atoms with Crippen LogP contribution in [0, 0.1) is 34.0 Å². The van der Waals surface area contributed by atoms with Crippen LogP contribution < -0.4 is 0 Å². The molecule has 0 bridgehead atoms. The number of hydrogen-bond acceptors (Lipinski definition) is 9. The Kier molecular flexibility index (Phi) is 39.9. The van der Waals surface area contributed by atoms with Crippen LogP contribution in [0.4, 0.5) is 0 Å². The van der Waals surface area contributed by atoms with Gasteiger partial charge in [0, 0.05) is 32.3 Å². The summed E-state index contributed by atoms with van der Waals surface area (Å²) >= 11 is 0. The van der Waals surface area contributed by atoms with Crippen molar-refractivity contribution in [1.29, 1.82) is 15.8 Å². The fourth-order valence-corrected chi connectivity index (χ4v) is 1.45. The fourth-order valence-electron chi connectivity index (χ4n) is 1.45. The monoisotopic (exact) mass is 413 g/mol. The summed E-state index contributed by atoms with van der Waals surface area (Å²) < 4.78 is 10.5. The minimum Gasteiger partial charge on any atom is -0.395 e. The number of nitriles is 3. The first-order valence-electron chi connectivity index (χ1n) is 9.02. The zero-order valence-corrected chi connectivity index (χ0v) is 17.2. The van der Waals surface area contributed by atoms with Crippen molar-refractivity contribution < 1.29 is 19.7 Å². The van der Waals surface area contributed by atoms with Crippen LogP contribution in [0.5, 0.6) is 0 Å². The summed E-state index contributed by atoms with van der Waals surface area (Å²) in [5.74, 6) is 0. The first kappa shape index (κ1) is 34.5. The normalized spacial score (nSPS) is 8.93. The van der Waals surface area contributed by atoms with Crippen molar-refractivity contribution in [2.45, 2.75) is 20.3 Å². The molecule has 0 aliphatic rings. The SMILES string of the molecule is C.C=CC#N.CN(CCO)CCO.CN(CCOCCC#N)CCOCCC#N. The maximum atomic E-state index is 8.34. The van der Waals surface area contributed by atoms with Crippen molar-refractivity contribution in [2.75, 3.05) is 79.9 Å². The van der Waals surface area contributed by atoms with Crippen LogP contribution in [0.3, 0.4) is 0 Å². The molecule has 0 fully saturated rings. The van der Waals surface area contributed by atoms with Crippen molar-refractivity contribution in [2.24, 2.45) is 0 Å². The van der Waals surface area contributed by atoms with Crippen LogP contribution in [0.2, 0.25) is 0 Å². The Bertz CT molecular complexity index is 414. The van der Waals surface area contributed by atoms with Gasteiger partial charge in [-0.05, 0) is 14.1 Å². The number of likely N-dealkylation sites (N-methyl/N-ethyl adjacent to an activating group) is 2. The summed E-state index contributed by atoms with van der Waals surface area (Å²) in [6.45, 7) is 8.65. The molecule has 0 aliphatic heterocycles. The Balaban J connectivity index is -0.000000201. The highest BCUT2D eigenvalue weighted by Crippen LogP contribution is 1.87. The van der Waals surface area contributed by atoms with Crippen molar-refractivity contribution in [3.05, 3.63) is 12.7 Å². The van der Waals surface area contributed by atoms with Gasteiger partial charge in [0.25, 0.3) is 0 Å². The number of aliphatic hydroxyl groups is 2. The van der Waals surface area contributed by atoms with E-state index in [4.69, 9.17) is 35.5 Å². The van der Waals surface area contributed by atoms with Gasteiger partial charge >= 0.3 is 0 Å². The zero-order valence-electron chi connectivity index (χ0n) is 17.2. The van der Waals surface area contributed by atoms with Crippen LogP contribution in [-0.2, 0) is 9.47 Å². The average Bonchev–Trinajstić information content (AvgIpc) is 2.69. The second kappa shape index (κ2) is 33.5. The van der Waals surface area contributed by atoms with E-state index in [0.717, 1.165) is 13.1 Å². The van der Waals surface area contributed by atoms with Gasteiger partial charge in [-0.25, -0.2) is 0 Å². The molecule has 0 saturated heterocycles. The largest absolute Gasteiger partial charge is 0.395 e. The Hall–Kier alpha value is -2.03. The third kappa shape index (κ3) is 41.5. The van der Waals surface area contributed by atoms with Gasteiger partial charge in [-0.3, -0.25) is 0 Å². The van der Waals surface area contributed by atoms with Crippen LogP contribution >= 0.6 is 0 Å². The lowest BCUT2D eigenvalue weighted by Gasteiger charge is -2.16. The molecule has 0 amide bonds. The quantitative estimate of drug-likeness (QED) is 0.316. The average molecular weight is 414 g/mol. The van der Waals surface area contributed by atoms with E-state index >= 15 is 0 Å². The molecule has 0 radical (unpaired) electrons. The summed E-state index contributed by atoms with van der Waals surface area (Å²) in [4.78, 5) is 3.96. The van der Waals surface area contributed by atoms with E-state index in [2.05, 4.69) is 11.5 Å². The first-order chi connectivity index (χ1) is 13.5. The predicted molar refractivity (Wildman–Crippen MR) is 114 cm³/mol. The van der Waals surface area contributed by atoms with Gasteiger partial charge in [0.1, 0.15) is 0 Å². The lowest BCUT2D eigenvalue weighted by atomic mass is 10.5. The van der Waals surface area contributed by atoms with E-state index < -0.39 is 0 Å². The Labute approximate surface area is 177 Å². The van der Waals surface area contributed by atoms with Gasteiger partial charge in [0.15, 0.2) is 0 Å². The molecule has 0 saturated carbocycles. The molecule has 2 N–H and O–H groups in total. The van der Waals surface area contributed by atoms with E-state index in [0.29, 0.717) is 52.4 Å². The van der Waals surface area contributed by atoms with E-state index in [1.54, 1.807) is 6.07 Å². The fraction of sp³-hybridized carbons (Fsp3) is 0.750. The van der Waals surface area contributed by atoms with Crippen LogP contribution in [0.25, 0.3) is 0 Å². The number of allylic oxidation sites excluding steroid dienone is 1. The lowest BCUT2D eigenvalue weighted by molar-refractivity contribution is 0.0880. The highest BCUT2D eigenvalue weighted by atomic mass is 16.5. The Morgan fingerprint density at radius 3 is 1.41 bits per heavy atom. The molecule has 0 aromatic carbocycles. The van der Waals surface area contributed by atoms with E-state index in [1.807, 2.05) is 31.1 Å². The number of nitrogens with zero attached hydrogens (tertiary/aromatic N) is 5. The zero-order chi connectivity index (χ0) is 21.9. The molecule has 0 spiro atoms. The predicted octanol–water partition coefficient (Wildman–Crippen LogP) is 1.01. The Morgan fingerprint density at radius 2 is 1.14 bits per heavy atom. The van der Waals surface area contributed by atoms with Crippen molar-refractivity contribution in [3.8, 4) is 18.2 Å². The van der Waals surface area contributed by atoms with E-state index in [9.17, 15) is 0 Å². The lowest BCUT2D eigenvalue weighted by Crippen LogP contribution is -2.27. The molecule has 0 aliphatic carbocycles. The molecule has 9 heteroatoms. The molecule has 0 aromatic heterocycles. The topological polar surface area (TPSA) is 137 Å². The molecule has 168 valence electrons. The maximum absolute atomic E-state index is 8.34. The van der Waals surface area contributed by atoms with Crippen molar-refractivity contribution in [1.82, 2.24) is 9.80 Å². The summed E-state index contributed by atoms with van der Waals surface area (Å²) in [5.41, 5.74) is 0. The highest BCUT2D eigenvalue weighted by Gasteiger charge is 1.98. The molecule has 0 atom stereocenters. The van der Waals surface area contributed by atoms with Gasteiger partial charge in [-0.1, -0.05) is 14.0 Å². The van der Waals surface area contributed by atoms with Gasteiger partial charge in [0.05, 0.1) is 70.7 Å². The van der Waals surface area contributed by atoms with Gasteiger partial charge in [-0.2, -0.15) is 15.8 Å². The van der Waals surface area contributed by atoms with Gasteiger partial charge < -0.3 is 29.5 Å². The number of hydrogen-bond donors (Lipinski definition) is 2. The van der Waals surface area contributed by atoms with Crippen molar-refractivity contribution >= 4 is 0 Å². The third-order valence-corrected chi connectivity index (χ3v) is 3.01. The maximum Gasteiger partial charge on any atom is 0.0905 e. The van der Waals surface area contributed by atoms with Gasteiger partial charge in [0.2, 0.25) is 0 Å². The highest BCUT2D eigenvalue weighted by molar-refractivity contribution is 4.93. The molecule has 9 nitrogen and oxygen atoms in total. The molecule has 29 heavy (non-hydrogen) atoms. The first-order valence-corrected chi connectivity index (χ1v) is 9.02. The number of rotatable bonds is 14. The standard InChI is InChI=1S/C11H19N3O2.C5H13NO2.C3H3N.CH4/c1-14(6-10-15-8-2-4-12)7-11-16-9-3-5-13;1-6(2-4-7)3-5-8;1-2-3-4;/h2-3,6-11H2,1H3;7-8H,2-5H2,1H3;2H,1H2;1H4. The second-order valence-electron chi connectivity index (χ2n) is 5.43. The van der Waals surface area contributed by atoms with Crippen LogP contribution in [0.1, 0.15) is 20.3 Å². The van der Waals surface area contributed by atoms with Crippen molar-refractivity contribution in [3.63, 3.8) is 0 Å². The van der Waals surface area contributed by atoms with E-state index in [-0.39, 0.29) is 20.6 Å². The number of ether oxygens (including phenoxy) is 2. The smallest absolute Gasteiger partial charge is 0.0905 e. The molecule has 0 aromatic rings. The molecule has 0 heterocycles. The molecule has 0 unspecified atom stereocenters. The molecular formula is C20H39N5O4. The van der Waals surface area contributed by atoms with E-state index in [1.165, 1.54) is 6.08 Å². The molecular weight excluding hydrogens is 374 g/mol. The summed E-state index contributed by atoms with van der Waals surface area (Å²) in [7, 11) is 3.84. The second-order valence-corrected chi connectivity index (χ2v) is 5.43. The minimum absolute atomic E-state index is 0. The van der Waals surface area contributed by atoms with Crippen LogP contribution in [0.15, 0.2) is 12.7 Å². The summed E-state index contributed by atoms with van der Waals surface area (Å²) in [6, 6.07) is 5.74.